The van der Waals surface area contributed by atoms with Crippen LogP contribution in [-0.4, -0.2) is 37.2 Å². The fraction of sp³-hybridized carbons (Fsp3) is 0.562. The highest BCUT2D eigenvalue weighted by atomic mass is 16.5. The van der Waals surface area contributed by atoms with Gasteiger partial charge in [-0.15, -0.1) is 0 Å². The number of piperidine rings is 1. The Morgan fingerprint density at radius 1 is 1.45 bits per heavy atom. The van der Waals surface area contributed by atoms with Crippen molar-refractivity contribution in [3.05, 3.63) is 29.8 Å². The van der Waals surface area contributed by atoms with Gasteiger partial charge in [-0.25, -0.2) is 4.79 Å². The first-order chi connectivity index (χ1) is 9.66. The second-order valence-electron chi connectivity index (χ2n) is 5.54. The number of nitrogens with one attached hydrogen (secondary N) is 1. The second kappa shape index (κ2) is 7.17. The lowest BCUT2D eigenvalue weighted by atomic mass is 10.0. The molecule has 2 rings (SSSR count). The van der Waals surface area contributed by atoms with Gasteiger partial charge in [-0.2, -0.15) is 0 Å². The number of para-hydroxylation sites is 1. The number of nitrogens with zero attached hydrogens (tertiary/aromatic N) is 1. The Morgan fingerprint density at radius 2 is 2.25 bits per heavy atom. The summed E-state index contributed by atoms with van der Waals surface area (Å²) in [6, 6.07) is 7.94. The predicted molar refractivity (Wildman–Crippen MR) is 80.0 cm³/mol. The molecule has 1 N–H and O–H groups in total. The first kappa shape index (κ1) is 14.7. The Balaban J connectivity index is 1.68. The molecule has 2 amide bonds. The minimum absolute atomic E-state index is 0.0323. The number of aryl methyl sites for hydroxylation is 1. The van der Waals surface area contributed by atoms with E-state index in [1.165, 1.54) is 6.42 Å². The molecule has 1 aromatic rings. The fourth-order valence-electron chi connectivity index (χ4n) is 2.52. The molecule has 110 valence electrons. The van der Waals surface area contributed by atoms with Crippen LogP contribution in [0.4, 0.5) is 4.79 Å². The van der Waals surface area contributed by atoms with E-state index in [0.717, 1.165) is 30.8 Å². The number of ether oxygens (including phenoxy) is 1. The molecule has 20 heavy (non-hydrogen) atoms. The molecule has 1 aliphatic rings. The topological polar surface area (TPSA) is 41.6 Å². The lowest BCUT2D eigenvalue weighted by Gasteiger charge is -2.30. The number of likely N-dealkylation sites (tertiary alicyclic amines) is 1. The molecule has 0 aromatic heterocycles. The largest absolute Gasteiger partial charge is 0.491 e. The molecule has 1 unspecified atom stereocenters. The summed E-state index contributed by atoms with van der Waals surface area (Å²) in [4.78, 5) is 13.9. The van der Waals surface area contributed by atoms with Gasteiger partial charge < -0.3 is 15.0 Å². The molecule has 0 bridgehead atoms. The van der Waals surface area contributed by atoms with Crippen molar-refractivity contribution in [2.24, 2.45) is 5.92 Å². The highest BCUT2D eigenvalue weighted by Crippen LogP contribution is 2.16. The van der Waals surface area contributed by atoms with Crippen molar-refractivity contribution in [3.63, 3.8) is 0 Å². The van der Waals surface area contributed by atoms with Gasteiger partial charge >= 0.3 is 6.03 Å². The number of hydrogen-bond acceptors (Lipinski definition) is 2. The molecule has 0 radical (unpaired) electrons. The van der Waals surface area contributed by atoms with E-state index >= 15 is 0 Å². The van der Waals surface area contributed by atoms with E-state index in [-0.39, 0.29) is 6.03 Å². The van der Waals surface area contributed by atoms with Crippen LogP contribution in [0, 0.1) is 12.8 Å². The third kappa shape index (κ3) is 4.15. The summed E-state index contributed by atoms with van der Waals surface area (Å²) in [7, 11) is 0. The van der Waals surface area contributed by atoms with Gasteiger partial charge in [0.05, 0.1) is 6.54 Å². The van der Waals surface area contributed by atoms with Crippen molar-refractivity contribution in [1.29, 1.82) is 0 Å². The van der Waals surface area contributed by atoms with E-state index in [1.807, 2.05) is 36.1 Å². The molecule has 1 fully saturated rings. The van der Waals surface area contributed by atoms with Crippen molar-refractivity contribution >= 4 is 6.03 Å². The number of rotatable bonds is 4. The van der Waals surface area contributed by atoms with E-state index in [9.17, 15) is 4.79 Å². The molecule has 1 atom stereocenters. The molecular formula is C16H24N2O2. The average molecular weight is 276 g/mol. The smallest absolute Gasteiger partial charge is 0.317 e. The molecule has 4 nitrogen and oxygen atoms in total. The Kier molecular flexibility index (Phi) is 5.27. The third-order valence-electron chi connectivity index (χ3n) is 3.67. The quantitative estimate of drug-likeness (QED) is 0.859. The van der Waals surface area contributed by atoms with Gasteiger partial charge in [0.1, 0.15) is 12.4 Å². The van der Waals surface area contributed by atoms with Gasteiger partial charge in [0.15, 0.2) is 0 Å². The van der Waals surface area contributed by atoms with Crippen LogP contribution in [0.2, 0.25) is 0 Å². The molecule has 0 saturated carbocycles. The summed E-state index contributed by atoms with van der Waals surface area (Å²) >= 11 is 0. The van der Waals surface area contributed by atoms with E-state index in [0.29, 0.717) is 19.1 Å². The van der Waals surface area contributed by atoms with Crippen LogP contribution >= 0.6 is 0 Å². The van der Waals surface area contributed by atoms with E-state index in [4.69, 9.17) is 4.74 Å². The third-order valence-corrected chi connectivity index (χ3v) is 3.67. The molecule has 0 spiro atoms. The summed E-state index contributed by atoms with van der Waals surface area (Å²) in [5.41, 5.74) is 1.11. The first-order valence-electron chi connectivity index (χ1n) is 7.38. The summed E-state index contributed by atoms with van der Waals surface area (Å²) in [5, 5.41) is 2.92. The molecule has 4 heteroatoms. The fourth-order valence-corrected chi connectivity index (χ4v) is 2.52. The van der Waals surface area contributed by atoms with Crippen molar-refractivity contribution < 1.29 is 9.53 Å². The Hall–Kier alpha value is -1.71. The Bertz CT molecular complexity index is 448. The van der Waals surface area contributed by atoms with Gasteiger partial charge in [-0.05, 0) is 37.3 Å². The van der Waals surface area contributed by atoms with Crippen LogP contribution in [0.25, 0.3) is 0 Å². The normalized spacial score (nSPS) is 18.7. The minimum atomic E-state index is 0.0323. The summed E-state index contributed by atoms with van der Waals surface area (Å²) in [6.45, 7) is 6.99. The van der Waals surface area contributed by atoms with Gasteiger partial charge in [0, 0.05) is 13.1 Å². The van der Waals surface area contributed by atoms with E-state index in [1.54, 1.807) is 0 Å². The van der Waals surface area contributed by atoms with Crippen molar-refractivity contribution in [2.75, 3.05) is 26.2 Å². The summed E-state index contributed by atoms with van der Waals surface area (Å²) < 4.78 is 5.66. The maximum absolute atomic E-state index is 12.0. The number of carbonyl (C=O) groups is 1. The molecule has 1 heterocycles. The monoisotopic (exact) mass is 276 g/mol. The van der Waals surface area contributed by atoms with E-state index < -0.39 is 0 Å². The van der Waals surface area contributed by atoms with Crippen molar-refractivity contribution in [2.45, 2.75) is 26.7 Å². The molecule has 0 aliphatic carbocycles. The minimum Gasteiger partial charge on any atom is -0.491 e. The maximum atomic E-state index is 12.0. The Labute approximate surface area is 121 Å². The summed E-state index contributed by atoms with van der Waals surface area (Å²) in [6.07, 6.45) is 2.33. The highest BCUT2D eigenvalue weighted by Gasteiger charge is 2.20. The number of amides is 2. The first-order valence-corrected chi connectivity index (χ1v) is 7.38. The highest BCUT2D eigenvalue weighted by molar-refractivity contribution is 5.74. The molecule has 1 aromatic carbocycles. The zero-order valence-electron chi connectivity index (χ0n) is 12.4. The van der Waals surface area contributed by atoms with Crippen LogP contribution in [0.15, 0.2) is 24.3 Å². The van der Waals surface area contributed by atoms with Gasteiger partial charge in [0.25, 0.3) is 0 Å². The zero-order chi connectivity index (χ0) is 14.4. The van der Waals surface area contributed by atoms with Crippen LogP contribution in [-0.2, 0) is 0 Å². The second-order valence-corrected chi connectivity index (χ2v) is 5.54. The lowest BCUT2D eigenvalue weighted by molar-refractivity contribution is 0.167. The number of benzene rings is 1. The SMILES string of the molecule is Cc1ccccc1OCCNC(=O)N1CCCC(C)C1. The number of urea groups is 1. The standard InChI is InChI=1S/C16H24N2O2/c1-13-6-5-10-18(12-13)16(19)17-9-11-20-15-8-4-3-7-14(15)2/h3-4,7-8,13H,5-6,9-12H2,1-2H3,(H,17,19). The van der Waals surface area contributed by atoms with Crippen molar-refractivity contribution in [1.82, 2.24) is 10.2 Å². The Morgan fingerprint density at radius 3 is 3.00 bits per heavy atom. The van der Waals surface area contributed by atoms with Gasteiger partial charge in [-0.1, -0.05) is 25.1 Å². The molecule has 1 aliphatic heterocycles. The van der Waals surface area contributed by atoms with Gasteiger partial charge in [0.2, 0.25) is 0 Å². The average Bonchev–Trinajstić information content (AvgIpc) is 2.45. The van der Waals surface area contributed by atoms with Crippen LogP contribution in [0.1, 0.15) is 25.3 Å². The van der Waals surface area contributed by atoms with Crippen molar-refractivity contribution in [3.8, 4) is 5.75 Å². The molecule has 1 saturated heterocycles. The molecular weight excluding hydrogens is 252 g/mol. The van der Waals surface area contributed by atoms with Crippen LogP contribution in [0.5, 0.6) is 5.75 Å². The van der Waals surface area contributed by atoms with Crippen LogP contribution in [0.3, 0.4) is 0 Å². The lowest BCUT2D eigenvalue weighted by Crippen LogP contribution is -2.45. The number of hydrogen-bond donors (Lipinski definition) is 1. The van der Waals surface area contributed by atoms with Gasteiger partial charge in [-0.3, -0.25) is 0 Å². The maximum Gasteiger partial charge on any atom is 0.317 e. The van der Waals surface area contributed by atoms with Crippen LogP contribution < -0.4 is 10.1 Å². The predicted octanol–water partition coefficient (Wildman–Crippen LogP) is 2.82. The summed E-state index contributed by atoms with van der Waals surface area (Å²) in [5.74, 6) is 1.49. The zero-order valence-corrected chi connectivity index (χ0v) is 12.4. The van der Waals surface area contributed by atoms with E-state index in [2.05, 4.69) is 12.2 Å². The number of carbonyl (C=O) groups excluding carboxylic acids is 1.